The monoisotopic (exact) mass is 419 g/mol. The number of sulfonamides is 1. The molecule has 3 rings (SSSR count). The van der Waals surface area contributed by atoms with E-state index in [1.807, 2.05) is 25.1 Å². The molecule has 0 saturated heterocycles. The highest BCUT2D eigenvalue weighted by Crippen LogP contribution is 2.23. The van der Waals surface area contributed by atoms with E-state index in [0.29, 0.717) is 30.0 Å². The van der Waals surface area contributed by atoms with Crippen LogP contribution in [0.5, 0.6) is 5.75 Å². The molecule has 0 aliphatic heterocycles. The number of nitrogens with one attached hydrogen (secondary N) is 2. The second-order valence-corrected chi connectivity index (χ2v) is 8.84. The summed E-state index contributed by atoms with van der Waals surface area (Å²) >= 11 is 1.40. The van der Waals surface area contributed by atoms with Gasteiger partial charge in [-0.15, -0.1) is 0 Å². The maximum atomic E-state index is 12.2. The molecule has 2 aromatic carbocycles. The minimum absolute atomic E-state index is 0.174. The summed E-state index contributed by atoms with van der Waals surface area (Å²) in [5.41, 5.74) is 1.31. The SMILES string of the molecule is CCCNS(=O)(=O)c1ccc(OCC(=O)Nc2ccc3sncc3c2)c(C)c1. The number of carbonyl (C=O) groups excluding carboxylic acids is 1. The Kier molecular flexibility index (Phi) is 6.28. The molecule has 0 atom stereocenters. The van der Waals surface area contributed by atoms with Crippen molar-refractivity contribution in [2.75, 3.05) is 18.5 Å². The molecule has 28 heavy (non-hydrogen) atoms. The topological polar surface area (TPSA) is 97.4 Å². The van der Waals surface area contributed by atoms with E-state index in [0.717, 1.165) is 10.1 Å². The third kappa shape index (κ3) is 4.86. The highest BCUT2D eigenvalue weighted by molar-refractivity contribution is 7.89. The summed E-state index contributed by atoms with van der Waals surface area (Å²) in [6.45, 7) is 3.84. The van der Waals surface area contributed by atoms with Crippen LogP contribution in [0, 0.1) is 6.92 Å². The number of fused-ring (bicyclic) bond motifs is 1. The number of nitrogens with zero attached hydrogens (tertiary/aromatic N) is 1. The lowest BCUT2D eigenvalue weighted by atomic mass is 10.2. The van der Waals surface area contributed by atoms with Crippen molar-refractivity contribution in [3.63, 3.8) is 0 Å². The number of benzene rings is 2. The minimum atomic E-state index is -3.54. The molecule has 0 saturated carbocycles. The van der Waals surface area contributed by atoms with Gasteiger partial charge in [-0.3, -0.25) is 4.79 Å². The number of carbonyl (C=O) groups is 1. The lowest BCUT2D eigenvalue weighted by molar-refractivity contribution is -0.118. The molecule has 1 heterocycles. The largest absolute Gasteiger partial charge is 0.483 e. The van der Waals surface area contributed by atoms with Crippen molar-refractivity contribution in [1.82, 2.24) is 9.10 Å². The van der Waals surface area contributed by atoms with Gasteiger partial charge in [-0.2, -0.15) is 4.37 Å². The molecule has 1 aromatic heterocycles. The predicted octanol–water partition coefficient (Wildman–Crippen LogP) is 3.31. The minimum Gasteiger partial charge on any atom is -0.483 e. The number of anilines is 1. The second-order valence-electron chi connectivity index (χ2n) is 6.24. The van der Waals surface area contributed by atoms with Crippen LogP contribution in [0.4, 0.5) is 5.69 Å². The fraction of sp³-hybridized carbons (Fsp3) is 0.263. The van der Waals surface area contributed by atoms with Gasteiger partial charge in [-0.05, 0) is 66.8 Å². The number of hydrogen-bond donors (Lipinski definition) is 2. The molecule has 0 radical (unpaired) electrons. The Morgan fingerprint density at radius 2 is 2.04 bits per heavy atom. The molecule has 1 amide bonds. The maximum absolute atomic E-state index is 12.2. The van der Waals surface area contributed by atoms with Crippen LogP contribution < -0.4 is 14.8 Å². The molecule has 0 unspecified atom stereocenters. The Labute approximate surface area is 167 Å². The van der Waals surface area contributed by atoms with Crippen molar-refractivity contribution >= 4 is 43.2 Å². The first kappa shape index (κ1) is 20.2. The standard InChI is InChI=1S/C19H21N3O4S2/c1-3-8-21-28(24,25)16-5-6-17(13(2)9-16)26-12-19(23)22-15-4-7-18-14(10-15)11-20-27-18/h4-7,9-11,21H,3,8,12H2,1-2H3,(H,22,23). The van der Waals surface area contributed by atoms with Crippen molar-refractivity contribution in [3.05, 3.63) is 48.2 Å². The van der Waals surface area contributed by atoms with Crippen molar-refractivity contribution in [2.24, 2.45) is 0 Å². The van der Waals surface area contributed by atoms with E-state index < -0.39 is 10.0 Å². The third-order valence-electron chi connectivity index (χ3n) is 3.99. The zero-order valence-electron chi connectivity index (χ0n) is 15.6. The van der Waals surface area contributed by atoms with E-state index in [1.165, 1.54) is 23.7 Å². The fourth-order valence-corrected chi connectivity index (χ4v) is 4.41. The van der Waals surface area contributed by atoms with Crippen molar-refractivity contribution in [3.8, 4) is 5.75 Å². The van der Waals surface area contributed by atoms with Crippen molar-refractivity contribution in [1.29, 1.82) is 0 Å². The summed E-state index contributed by atoms with van der Waals surface area (Å²) in [5.74, 6) is 0.158. The van der Waals surface area contributed by atoms with Crippen LogP contribution in [0.1, 0.15) is 18.9 Å². The van der Waals surface area contributed by atoms with E-state index in [-0.39, 0.29) is 17.4 Å². The first-order valence-corrected chi connectivity index (χ1v) is 11.0. The van der Waals surface area contributed by atoms with Gasteiger partial charge in [-0.1, -0.05) is 6.92 Å². The lowest BCUT2D eigenvalue weighted by Crippen LogP contribution is -2.24. The van der Waals surface area contributed by atoms with Gasteiger partial charge in [0.15, 0.2) is 6.61 Å². The average molecular weight is 420 g/mol. The van der Waals surface area contributed by atoms with Gasteiger partial charge in [0, 0.05) is 23.8 Å². The summed E-state index contributed by atoms with van der Waals surface area (Å²) in [6, 6.07) is 10.1. The van der Waals surface area contributed by atoms with Gasteiger partial charge in [0.25, 0.3) is 5.91 Å². The molecule has 148 valence electrons. The van der Waals surface area contributed by atoms with Gasteiger partial charge in [0.2, 0.25) is 10.0 Å². The summed E-state index contributed by atoms with van der Waals surface area (Å²) in [5, 5.41) is 3.75. The number of rotatable bonds is 8. The summed E-state index contributed by atoms with van der Waals surface area (Å²) in [7, 11) is -3.54. The third-order valence-corrected chi connectivity index (χ3v) is 6.23. The van der Waals surface area contributed by atoms with Gasteiger partial charge in [-0.25, -0.2) is 13.1 Å². The average Bonchev–Trinajstić information content (AvgIpc) is 3.13. The lowest BCUT2D eigenvalue weighted by Gasteiger charge is -2.12. The Morgan fingerprint density at radius 3 is 2.79 bits per heavy atom. The molecule has 7 nitrogen and oxygen atoms in total. The highest BCUT2D eigenvalue weighted by Gasteiger charge is 2.15. The molecular weight excluding hydrogens is 398 g/mol. The Balaban J connectivity index is 1.61. The Morgan fingerprint density at radius 1 is 1.21 bits per heavy atom. The number of hydrogen-bond acceptors (Lipinski definition) is 6. The predicted molar refractivity (Wildman–Crippen MR) is 110 cm³/mol. The number of amides is 1. The first-order valence-electron chi connectivity index (χ1n) is 8.76. The van der Waals surface area contributed by atoms with Gasteiger partial charge >= 0.3 is 0 Å². The molecule has 3 aromatic rings. The van der Waals surface area contributed by atoms with E-state index in [9.17, 15) is 13.2 Å². The smallest absolute Gasteiger partial charge is 0.262 e. The highest BCUT2D eigenvalue weighted by atomic mass is 32.2. The van der Waals surface area contributed by atoms with Crippen LogP contribution in [0.15, 0.2) is 47.5 Å². The molecule has 0 fully saturated rings. The Hall–Kier alpha value is -2.49. The van der Waals surface area contributed by atoms with Crippen LogP contribution in [0.3, 0.4) is 0 Å². The van der Waals surface area contributed by atoms with Crippen LogP contribution >= 0.6 is 11.5 Å². The quantitative estimate of drug-likeness (QED) is 0.584. The molecule has 0 spiro atoms. The van der Waals surface area contributed by atoms with Crippen LogP contribution in [0.25, 0.3) is 10.1 Å². The molecule has 0 aliphatic carbocycles. The zero-order chi connectivity index (χ0) is 20.1. The number of ether oxygens (including phenoxy) is 1. The van der Waals surface area contributed by atoms with Gasteiger partial charge < -0.3 is 10.1 Å². The number of aromatic nitrogens is 1. The van der Waals surface area contributed by atoms with Gasteiger partial charge in [0.05, 0.1) is 9.60 Å². The fourth-order valence-electron chi connectivity index (χ4n) is 2.56. The molecule has 0 aliphatic rings. The molecule has 9 heteroatoms. The van der Waals surface area contributed by atoms with Crippen LogP contribution in [0.2, 0.25) is 0 Å². The second kappa shape index (κ2) is 8.68. The normalized spacial score (nSPS) is 11.5. The summed E-state index contributed by atoms with van der Waals surface area (Å²) < 4.78 is 37.6. The van der Waals surface area contributed by atoms with Crippen molar-refractivity contribution in [2.45, 2.75) is 25.2 Å². The van der Waals surface area contributed by atoms with E-state index in [4.69, 9.17) is 4.74 Å². The number of aryl methyl sites for hydroxylation is 1. The van der Waals surface area contributed by atoms with Crippen molar-refractivity contribution < 1.29 is 17.9 Å². The van der Waals surface area contributed by atoms with Crippen LogP contribution in [-0.4, -0.2) is 31.9 Å². The molecule has 2 N–H and O–H groups in total. The van der Waals surface area contributed by atoms with Crippen LogP contribution in [-0.2, 0) is 14.8 Å². The molecular formula is C19H21N3O4S2. The van der Waals surface area contributed by atoms with E-state index in [2.05, 4.69) is 14.4 Å². The van der Waals surface area contributed by atoms with E-state index >= 15 is 0 Å². The first-order chi connectivity index (χ1) is 13.4. The summed E-state index contributed by atoms with van der Waals surface area (Å²) in [4.78, 5) is 12.3. The maximum Gasteiger partial charge on any atom is 0.262 e. The van der Waals surface area contributed by atoms with Gasteiger partial charge in [0.1, 0.15) is 5.75 Å². The zero-order valence-corrected chi connectivity index (χ0v) is 17.2. The van der Waals surface area contributed by atoms with E-state index in [1.54, 1.807) is 19.2 Å². The summed E-state index contributed by atoms with van der Waals surface area (Å²) in [6.07, 6.45) is 2.46. The molecule has 0 bridgehead atoms. The Bertz CT molecular complexity index is 1090.